The first kappa shape index (κ1) is 15.4. The second-order valence-electron chi connectivity index (χ2n) is 4.18. The zero-order valence-corrected chi connectivity index (χ0v) is 11.9. The Bertz CT molecular complexity index is 428. The predicted molar refractivity (Wildman–Crippen MR) is 76.7 cm³/mol. The van der Waals surface area contributed by atoms with Crippen LogP contribution < -0.4 is 4.74 Å². The van der Waals surface area contributed by atoms with Crippen LogP contribution in [0.5, 0.6) is 5.75 Å². The Labute approximate surface area is 118 Å². The number of ether oxygens (including phenoxy) is 2. The van der Waals surface area contributed by atoms with Crippen molar-refractivity contribution in [3.8, 4) is 5.75 Å². The second kappa shape index (κ2) is 7.74. The van der Waals surface area contributed by atoms with Crippen molar-refractivity contribution in [1.82, 2.24) is 0 Å². The summed E-state index contributed by atoms with van der Waals surface area (Å²) in [7, 11) is 0. The number of carbonyl (C=O) groups is 1. The molecule has 0 heterocycles. The fourth-order valence-corrected chi connectivity index (χ4v) is 1.79. The van der Waals surface area contributed by atoms with E-state index >= 15 is 0 Å². The lowest BCUT2D eigenvalue weighted by molar-refractivity contribution is -0.139. The van der Waals surface area contributed by atoms with Crippen LogP contribution in [0.15, 0.2) is 24.3 Å². The largest absolute Gasteiger partial charge is 0.487 e. The molecule has 0 aliphatic heterocycles. The lowest BCUT2D eigenvalue weighted by Crippen LogP contribution is -2.15. The van der Waals surface area contributed by atoms with E-state index in [1.165, 1.54) is 0 Å². The van der Waals surface area contributed by atoms with E-state index < -0.39 is 5.97 Å². The summed E-state index contributed by atoms with van der Waals surface area (Å²) in [6.45, 7) is 4.19. The van der Waals surface area contributed by atoms with Crippen LogP contribution in [-0.2, 0) is 16.0 Å². The molecular formula is C14H18O4S. The summed E-state index contributed by atoms with van der Waals surface area (Å²) in [5.41, 5.74) is 1.11. The minimum Gasteiger partial charge on any atom is -0.487 e. The molecule has 19 heavy (non-hydrogen) atoms. The Balaban J connectivity index is 2.52. The van der Waals surface area contributed by atoms with Gasteiger partial charge in [0, 0.05) is 5.92 Å². The van der Waals surface area contributed by atoms with Gasteiger partial charge in [0.15, 0.2) is 11.7 Å². The molecule has 1 rings (SSSR count). The van der Waals surface area contributed by atoms with Crippen LogP contribution in [0.2, 0.25) is 0 Å². The van der Waals surface area contributed by atoms with Gasteiger partial charge in [0.2, 0.25) is 0 Å². The van der Waals surface area contributed by atoms with Crippen LogP contribution in [0, 0.1) is 5.92 Å². The summed E-state index contributed by atoms with van der Waals surface area (Å²) in [5.74, 6) is -0.272. The van der Waals surface area contributed by atoms with Crippen molar-refractivity contribution < 1.29 is 19.4 Å². The lowest BCUT2D eigenvalue weighted by Gasteiger charge is -2.13. The van der Waals surface area contributed by atoms with Crippen molar-refractivity contribution in [3.05, 3.63) is 29.8 Å². The molecule has 5 heteroatoms. The second-order valence-corrected chi connectivity index (χ2v) is 4.59. The van der Waals surface area contributed by atoms with Crippen LogP contribution >= 0.6 is 12.2 Å². The maximum Gasteiger partial charge on any atom is 0.341 e. The van der Waals surface area contributed by atoms with E-state index in [4.69, 9.17) is 26.8 Å². The van der Waals surface area contributed by atoms with Gasteiger partial charge in [-0.15, -0.1) is 0 Å². The van der Waals surface area contributed by atoms with Crippen molar-refractivity contribution in [3.63, 3.8) is 0 Å². The van der Waals surface area contributed by atoms with Gasteiger partial charge in [-0.25, -0.2) is 4.79 Å². The molecule has 1 atom stereocenters. The molecule has 1 aromatic rings. The topological polar surface area (TPSA) is 55.8 Å². The SMILES string of the molecule is CCOC(=S)C(C)Cc1ccc(OCC(=O)O)cc1. The van der Waals surface area contributed by atoms with Gasteiger partial charge < -0.3 is 14.6 Å². The molecule has 0 bridgehead atoms. The zero-order chi connectivity index (χ0) is 14.3. The molecule has 0 aliphatic rings. The fourth-order valence-electron chi connectivity index (χ4n) is 1.59. The minimum atomic E-state index is -0.986. The third-order valence-corrected chi connectivity index (χ3v) is 3.04. The van der Waals surface area contributed by atoms with Crippen LogP contribution in [-0.4, -0.2) is 29.3 Å². The average molecular weight is 282 g/mol. The molecule has 0 radical (unpaired) electrons. The summed E-state index contributed by atoms with van der Waals surface area (Å²) in [4.78, 5) is 10.4. The molecule has 0 saturated heterocycles. The van der Waals surface area contributed by atoms with Crippen LogP contribution in [0.3, 0.4) is 0 Å². The first-order valence-corrected chi connectivity index (χ1v) is 6.54. The minimum absolute atomic E-state index is 0.167. The zero-order valence-electron chi connectivity index (χ0n) is 11.1. The highest BCUT2D eigenvalue weighted by Gasteiger charge is 2.10. The summed E-state index contributed by atoms with van der Waals surface area (Å²) in [6, 6.07) is 7.33. The molecular weight excluding hydrogens is 264 g/mol. The normalized spacial score (nSPS) is 11.7. The van der Waals surface area contributed by atoms with Gasteiger partial charge in [-0.2, -0.15) is 0 Å². The first-order valence-electron chi connectivity index (χ1n) is 6.13. The molecule has 0 amide bonds. The maximum absolute atomic E-state index is 10.4. The maximum atomic E-state index is 10.4. The highest BCUT2D eigenvalue weighted by atomic mass is 32.1. The molecule has 4 nitrogen and oxygen atoms in total. The Morgan fingerprint density at radius 2 is 2.00 bits per heavy atom. The van der Waals surface area contributed by atoms with E-state index in [1.807, 2.05) is 26.0 Å². The predicted octanol–water partition coefficient (Wildman–Crippen LogP) is 2.69. The number of thiocarbonyl (C=S) groups is 1. The highest BCUT2D eigenvalue weighted by molar-refractivity contribution is 7.80. The standard InChI is InChI=1S/C14H18O4S/c1-3-17-14(19)10(2)8-11-4-6-12(7-5-11)18-9-13(15)16/h4-7,10H,3,8-9H2,1-2H3,(H,15,16). The number of carboxylic acid groups (broad SMARTS) is 1. The van der Waals surface area contributed by atoms with Crippen molar-refractivity contribution in [2.75, 3.05) is 13.2 Å². The molecule has 1 aromatic carbocycles. The number of benzene rings is 1. The molecule has 0 fully saturated rings. The quantitative estimate of drug-likeness (QED) is 0.779. The molecule has 1 N–H and O–H groups in total. The summed E-state index contributed by atoms with van der Waals surface area (Å²) in [6.07, 6.45) is 0.790. The average Bonchev–Trinajstić information content (AvgIpc) is 2.38. The molecule has 0 spiro atoms. The van der Waals surface area contributed by atoms with Gasteiger partial charge in [0.1, 0.15) is 5.75 Å². The van der Waals surface area contributed by atoms with Crippen LogP contribution in [0.4, 0.5) is 0 Å². The number of carboxylic acids is 1. The number of hydrogen-bond acceptors (Lipinski definition) is 4. The van der Waals surface area contributed by atoms with Gasteiger partial charge in [-0.05, 0) is 43.3 Å². The van der Waals surface area contributed by atoms with Gasteiger partial charge in [0.05, 0.1) is 6.61 Å². The van der Waals surface area contributed by atoms with Crippen molar-refractivity contribution in [2.45, 2.75) is 20.3 Å². The molecule has 0 saturated carbocycles. The smallest absolute Gasteiger partial charge is 0.341 e. The molecule has 1 unspecified atom stereocenters. The van der Waals surface area contributed by atoms with Crippen molar-refractivity contribution >= 4 is 23.2 Å². The summed E-state index contributed by atoms with van der Waals surface area (Å²) < 4.78 is 10.4. The van der Waals surface area contributed by atoms with Gasteiger partial charge in [-0.1, -0.05) is 19.1 Å². The Morgan fingerprint density at radius 1 is 1.37 bits per heavy atom. The Morgan fingerprint density at radius 3 is 2.53 bits per heavy atom. The van der Waals surface area contributed by atoms with Crippen LogP contribution in [0.1, 0.15) is 19.4 Å². The van der Waals surface area contributed by atoms with E-state index in [9.17, 15) is 4.79 Å². The number of rotatable bonds is 7. The summed E-state index contributed by atoms with van der Waals surface area (Å²) in [5, 5.41) is 9.13. The number of hydrogen-bond donors (Lipinski definition) is 1. The Hall–Kier alpha value is -1.62. The Kier molecular flexibility index (Phi) is 6.29. The van der Waals surface area contributed by atoms with Gasteiger partial charge >= 0.3 is 5.97 Å². The molecule has 0 aliphatic carbocycles. The van der Waals surface area contributed by atoms with Crippen molar-refractivity contribution in [2.24, 2.45) is 5.92 Å². The van der Waals surface area contributed by atoms with Gasteiger partial charge in [0.25, 0.3) is 0 Å². The third kappa shape index (κ3) is 5.70. The van der Waals surface area contributed by atoms with E-state index in [-0.39, 0.29) is 12.5 Å². The van der Waals surface area contributed by atoms with Gasteiger partial charge in [-0.3, -0.25) is 0 Å². The summed E-state index contributed by atoms with van der Waals surface area (Å²) >= 11 is 5.16. The number of aliphatic carboxylic acids is 1. The fraction of sp³-hybridized carbons (Fsp3) is 0.429. The van der Waals surface area contributed by atoms with E-state index in [0.717, 1.165) is 12.0 Å². The van der Waals surface area contributed by atoms with Crippen molar-refractivity contribution in [1.29, 1.82) is 0 Å². The first-order chi connectivity index (χ1) is 9.02. The van der Waals surface area contributed by atoms with Crippen LogP contribution in [0.25, 0.3) is 0 Å². The highest BCUT2D eigenvalue weighted by Crippen LogP contribution is 2.16. The molecule has 0 aromatic heterocycles. The monoisotopic (exact) mass is 282 g/mol. The molecule has 104 valence electrons. The van der Waals surface area contributed by atoms with E-state index in [0.29, 0.717) is 17.4 Å². The third-order valence-electron chi connectivity index (χ3n) is 2.52. The van der Waals surface area contributed by atoms with E-state index in [1.54, 1.807) is 12.1 Å². The van der Waals surface area contributed by atoms with E-state index in [2.05, 4.69) is 0 Å². The lowest BCUT2D eigenvalue weighted by atomic mass is 10.0.